The highest BCUT2D eigenvalue weighted by atomic mass is 16.5. The average Bonchev–Trinajstić information content (AvgIpc) is 2.16. The van der Waals surface area contributed by atoms with Crippen LogP contribution in [0, 0.1) is 6.92 Å². The summed E-state index contributed by atoms with van der Waals surface area (Å²) < 4.78 is 5.08. The van der Waals surface area contributed by atoms with E-state index in [1.807, 2.05) is 6.92 Å². The second kappa shape index (κ2) is 4.75. The van der Waals surface area contributed by atoms with Gasteiger partial charge in [-0.2, -0.15) is 0 Å². The normalized spacial score (nSPS) is 12.2. The van der Waals surface area contributed by atoms with Crippen LogP contribution < -0.4 is 16.2 Å². The fourth-order valence-corrected chi connectivity index (χ4v) is 1.25. The third-order valence-corrected chi connectivity index (χ3v) is 2.01. The summed E-state index contributed by atoms with van der Waals surface area (Å²) in [5.74, 6) is 0.173. The van der Waals surface area contributed by atoms with Crippen LogP contribution in [0.3, 0.4) is 0 Å². The molecule has 1 aromatic rings. The zero-order valence-corrected chi connectivity index (χ0v) is 8.86. The molecule has 5 nitrogen and oxygen atoms in total. The number of pyridine rings is 1. The molecule has 0 aliphatic carbocycles. The summed E-state index contributed by atoms with van der Waals surface area (Å²) in [4.78, 5) is 15.0. The third kappa shape index (κ3) is 3.21. The highest BCUT2D eigenvalue weighted by molar-refractivity contribution is 5.79. The van der Waals surface area contributed by atoms with Gasteiger partial charge in [-0.25, -0.2) is 0 Å². The summed E-state index contributed by atoms with van der Waals surface area (Å²) in [5.41, 5.74) is 12.1. The van der Waals surface area contributed by atoms with Gasteiger partial charge in [0.05, 0.1) is 13.2 Å². The Balaban J connectivity index is 2.85. The van der Waals surface area contributed by atoms with E-state index in [2.05, 4.69) is 4.98 Å². The van der Waals surface area contributed by atoms with Crippen molar-refractivity contribution in [1.29, 1.82) is 0 Å². The Morgan fingerprint density at radius 2 is 2.27 bits per heavy atom. The van der Waals surface area contributed by atoms with Crippen molar-refractivity contribution in [2.45, 2.75) is 19.4 Å². The number of carbonyl (C=O) groups excluding carboxylic acids is 1. The maximum absolute atomic E-state index is 10.8. The van der Waals surface area contributed by atoms with Crippen LogP contribution in [0.15, 0.2) is 12.1 Å². The number of primary amides is 1. The Morgan fingerprint density at radius 3 is 2.80 bits per heavy atom. The molecular weight excluding hydrogens is 194 g/mol. The number of ether oxygens (including phenoxy) is 1. The number of hydrogen-bond acceptors (Lipinski definition) is 4. The second-order valence-corrected chi connectivity index (χ2v) is 3.35. The Kier molecular flexibility index (Phi) is 3.62. The highest BCUT2D eigenvalue weighted by Gasteiger charge is 2.11. The predicted octanol–water partition coefficient (Wildman–Crippen LogP) is -0.246. The fraction of sp³-hybridized carbons (Fsp3) is 0.400. The van der Waals surface area contributed by atoms with E-state index < -0.39 is 11.9 Å². The fourth-order valence-electron chi connectivity index (χ4n) is 1.25. The molecule has 82 valence electrons. The van der Waals surface area contributed by atoms with Crippen molar-refractivity contribution in [3.63, 3.8) is 0 Å². The molecule has 1 amide bonds. The van der Waals surface area contributed by atoms with Gasteiger partial charge in [0.25, 0.3) is 0 Å². The first-order valence-electron chi connectivity index (χ1n) is 4.59. The van der Waals surface area contributed by atoms with Crippen LogP contribution in [0.1, 0.15) is 11.4 Å². The molecule has 5 heteroatoms. The number of rotatable bonds is 4. The summed E-state index contributed by atoms with van der Waals surface area (Å²) in [6.45, 7) is 1.85. The zero-order valence-electron chi connectivity index (χ0n) is 8.86. The number of aryl methyl sites for hydroxylation is 1. The maximum atomic E-state index is 10.8. The van der Waals surface area contributed by atoms with Crippen molar-refractivity contribution in [3.8, 4) is 5.75 Å². The van der Waals surface area contributed by atoms with E-state index in [0.29, 0.717) is 17.9 Å². The molecule has 1 atom stereocenters. The number of carbonyl (C=O) groups is 1. The molecule has 0 bridgehead atoms. The van der Waals surface area contributed by atoms with Crippen molar-refractivity contribution in [3.05, 3.63) is 23.5 Å². The predicted molar refractivity (Wildman–Crippen MR) is 56.4 cm³/mol. The number of hydrogen-bond donors (Lipinski definition) is 2. The van der Waals surface area contributed by atoms with E-state index in [1.165, 1.54) is 0 Å². The molecule has 1 heterocycles. The van der Waals surface area contributed by atoms with Crippen LogP contribution in [0.4, 0.5) is 0 Å². The Bertz CT molecular complexity index is 366. The van der Waals surface area contributed by atoms with E-state index in [4.69, 9.17) is 16.2 Å². The first kappa shape index (κ1) is 11.5. The number of amides is 1. The van der Waals surface area contributed by atoms with Crippen LogP contribution >= 0.6 is 0 Å². The number of methoxy groups -OCH3 is 1. The molecule has 0 fully saturated rings. The SMILES string of the molecule is COc1cc(C)nc(CC(N)C(N)=O)c1. The smallest absolute Gasteiger partial charge is 0.234 e. The van der Waals surface area contributed by atoms with Gasteiger partial charge in [0.1, 0.15) is 5.75 Å². The van der Waals surface area contributed by atoms with E-state index in [1.54, 1.807) is 19.2 Å². The molecule has 1 aromatic heterocycles. The first-order valence-corrected chi connectivity index (χ1v) is 4.59. The number of nitrogens with two attached hydrogens (primary N) is 2. The van der Waals surface area contributed by atoms with Crippen LogP contribution in [0.2, 0.25) is 0 Å². The quantitative estimate of drug-likeness (QED) is 0.715. The van der Waals surface area contributed by atoms with Gasteiger partial charge in [-0.15, -0.1) is 0 Å². The van der Waals surface area contributed by atoms with Crippen LogP contribution in [-0.2, 0) is 11.2 Å². The van der Waals surface area contributed by atoms with Gasteiger partial charge in [-0.3, -0.25) is 9.78 Å². The number of nitrogens with zero attached hydrogens (tertiary/aromatic N) is 1. The molecule has 1 unspecified atom stereocenters. The van der Waals surface area contributed by atoms with Crippen molar-refractivity contribution < 1.29 is 9.53 Å². The van der Waals surface area contributed by atoms with Crippen molar-refractivity contribution in [2.75, 3.05) is 7.11 Å². The minimum Gasteiger partial charge on any atom is -0.497 e. The monoisotopic (exact) mass is 209 g/mol. The van der Waals surface area contributed by atoms with Gasteiger partial charge < -0.3 is 16.2 Å². The largest absolute Gasteiger partial charge is 0.497 e. The Morgan fingerprint density at radius 1 is 1.60 bits per heavy atom. The zero-order chi connectivity index (χ0) is 11.4. The minimum absolute atomic E-state index is 0.327. The molecule has 0 spiro atoms. The standard InChI is InChI=1S/C10H15N3O2/c1-6-3-8(15-2)4-7(13-6)5-9(11)10(12)14/h3-4,9H,5,11H2,1-2H3,(H2,12,14). The lowest BCUT2D eigenvalue weighted by molar-refractivity contribution is -0.119. The van der Waals surface area contributed by atoms with Crippen molar-refractivity contribution in [2.24, 2.45) is 11.5 Å². The molecule has 1 rings (SSSR count). The topological polar surface area (TPSA) is 91.2 Å². The van der Waals surface area contributed by atoms with Crippen LogP contribution in [0.5, 0.6) is 5.75 Å². The molecule has 4 N–H and O–H groups in total. The van der Waals surface area contributed by atoms with E-state index >= 15 is 0 Å². The lowest BCUT2D eigenvalue weighted by atomic mass is 10.1. The van der Waals surface area contributed by atoms with Gasteiger partial charge in [-0.1, -0.05) is 0 Å². The minimum atomic E-state index is -0.705. The lowest BCUT2D eigenvalue weighted by Crippen LogP contribution is -2.38. The summed E-state index contributed by atoms with van der Waals surface area (Å²) in [6, 6.07) is 2.85. The molecule has 0 saturated heterocycles. The third-order valence-electron chi connectivity index (χ3n) is 2.01. The van der Waals surface area contributed by atoms with Crippen molar-refractivity contribution >= 4 is 5.91 Å². The molecule has 0 radical (unpaired) electrons. The second-order valence-electron chi connectivity index (χ2n) is 3.35. The average molecular weight is 209 g/mol. The van der Waals surface area contributed by atoms with Gasteiger partial charge in [0, 0.05) is 29.9 Å². The Hall–Kier alpha value is -1.62. The van der Waals surface area contributed by atoms with Gasteiger partial charge in [-0.05, 0) is 6.92 Å². The first-order chi connectivity index (χ1) is 7.02. The molecule has 0 aromatic carbocycles. The van der Waals surface area contributed by atoms with Crippen LogP contribution in [0.25, 0.3) is 0 Å². The Labute approximate surface area is 88.4 Å². The summed E-state index contributed by atoms with van der Waals surface area (Å²) in [7, 11) is 1.58. The highest BCUT2D eigenvalue weighted by Crippen LogP contribution is 2.14. The van der Waals surface area contributed by atoms with Crippen molar-refractivity contribution in [1.82, 2.24) is 4.98 Å². The summed E-state index contributed by atoms with van der Waals surface area (Å²) in [5, 5.41) is 0. The molecule has 0 aliphatic heterocycles. The van der Waals surface area contributed by atoms with E-state index in [9.17, 15) is 4.79 Å². The molecule has 15 heavy (non-hydrogen) atoms. The van der Waals surface area contributed by atoms with Crippen LogP contribution in [-0.4, -0.2) is 24.0 Å². The molecule has 0 saturated carbocycles. The summed E-state index contributed by atoms with van der Waals surface area (Å²) >= 11 is 0. The van der Waals surface area contributed by atoms with Gasteiger partial charge in [0.2, 0.25) is 5.91 Å². The van der Waals surface area contributed by atoms with Gasteiger partial charge in [0.15, 0.2) is 0 Å². The number of aromatic nitrogens is 1. The van der Waals surface area contributed by atoms with E-state index in [0.717, 1.165) is 5.69 Å². The molecule has 0 aliphatic rings. The maximum Gasteiger partial charge on any atom is 0.234 e. The summed E-state index contributed by atoms with van der Waals surface area (Å²) in [6.07, 6.45) is 0.327. The van der Waals surface area contributed by atoms with Gasteiger partial charge >= 0.3 is 0 Å². The van der Waals surface area contributed by atoms with E-state index in [-0.39, 0.29) is 0 Å². The lowest BCUT2D eigenvalue weighted by Gasteiger charge is -2.09. The molecular formula is C10H15N3O2.